The average molecular weight is 458 g/mol. The minimum atomic E-state index is -0.244. The van der Waals surface area contributed by atoms with E-state index in [1.807, 2.05) is 31.4 Å². The molecule has 4 rings (SSSR count). The van der Waals surface area contributed by atoms with Gasteiger partial charge in [0.15, 0.2) is 5.13 Å². The summed E-state index contributed by atoms with van der Waals surface area (Å²) in [4.78, 5) is 38.9. The van der Waals surface area contributed by atoms with E-state index in [2.05, 4.69) is 25.6 Å². The number of thiazole rings is 2. The van der Waals surface area contributed by atoms with Gasteiger partial charge >= 0.3 is 0 Å². The predicted octanol–water partition coefficient (Wildman–Crippen LogP) is 4.83. The quantitative estimate of drug-likeness (QED) is 0.386. The summed E-state index contributed by atoms with van der Waals surface area (Å²) in [5, 5.41) is 9.17. The molecule has 2 amide bonds. The molecule has 0 saturated heterocycles. The van der Waals surface area contributed by atoms with E-state index >= 15 is 0 Å². The van der Waals surface area contributed by atoms with Crippen LogP contribution in [-0.4, -0.2) is 26.8 Å². The average Bonchev–Trinajstić information content (AvgIpc) is 3.46. The monoisotopic (exact) mass is 457 g/mol. The Hall–Kier alpha value is -2.82. The van der Waals surface area contributed by atoms with Crippen molar-refractivity contribution in [3.63, 3.8) is 0 Å². The van der Waals surface area contributed by atoms with Crippen LogP contribution in [-0.2, 0) is 11.3 Å². The zero-order valence-electron chi connectivity index (χ0n) is 16.5. The van der Waals surface area contributed by atoms with Gasteiger partial charge in [-0.1, -0.05) is 0 Å². The van der Waals surface area contributed by atoms with Gasteiger partial charge in [-0.2, -0.15) is 0 Å². The number of thiophene rings is 1. The van der Waals surface area contributed by atoms with E-state index in [1.165, 1.54) is 18.3 Å². The molecule has 10 heteroatoms. The van der Waals surface area contributed by atoms with Gasteiger partial charge < -0.3 is 10.3 Å². The highest BCUT2D eigenvalue weighted by Crippen LogP contribution is 2.35. The fourth-order valence-electron chi connectivity index (χ4n) is 2.82. The molecule has 0 aliphatic carbocycles. The topological polar surface area (TPSA) is 99.8 Å². The highest BCUT2D eigenvalue weighted by atomic mass is 32.1. The smallest absolute Gasteiger partial charge is 0.273 e. The summed E-state index contributed by atoms with van der Waals surface area (Å²) in [5.41, 5.74) is 3.04. The van der Waals surface area contributed by atoms with Crippen molar-refractivity contribution < 1.29 is 9.59 Å². The van der Waals surface area contributed by atoms with Crippen LogP contribution in [0.3, 0.4) is 0 Å². The number of H-pyrrole nitrogens is 1. The molecule has 3 N–H and O–H groups in total. The van der Waals surface area contributed by atoms with E-state index in [1.54, 1.807) is 34.9 Å². The zero-order valence-corrected chi connectivity index (χ0v) is 19.0. The van der Waals surface area contributed by atoms with Crippen LogP contribution >= 0.6 is 34.0 Å². The van der Waals surface area contributed by atoms with Crippen molar-refractivity contribution in [3.05, 3.63) is 50.2 Å². The molecule has 7 nitrogen and oxygen atoms in total. The first kappa shape index (κ1) is 20.5. The summed E-state index contributed by atoms with van der Waals surface area (Å²) >= 11 is 4.59. The molecule has 0 aliphatic heterocycles. The lowest BCUT2D eigenvalue weighted by Crippen LogP contribution is -2.17. The summed E-state index contributed by atoms with van der Waals surface area (Å²) in [6, 6.07) is 5.76. The number of aromatic amines is 1. The van der Waals surface area contributed by atoms with Gasteiger partial charge in [-0.05, 0) is 32.0 Å². The summed E-state index contributed by atoms with van der Waals surface area (Å²) in [6.07, 6.45) is 1.78. The van der Waals surface area contributed by atoms with Crippen LogP contribution in [0.15, 0.2) is 29.8 Å². The van der Waals surface area contributed by atoms with Crippen molar-refractivity contribution in [2.24, 2.45) is 0 Å². The highest BCUT2D eigenvalue weighted by Gasteiger charge is 2.16. The van der Waals surface area contributed by atoms with Gasteiger partial charge in [-0.25, -0.2) is 9.97 Å². The molecule has 0 fully saturated rings. The zero-order chi connectivity index (χ0) is 21.3. The second-order valence-corrected chi connectivity index (χ2v) is 10.0. The minimum absolute atomic E-state index is 0.0582. The molecule has 0 aromatic carbocycles. The first-order valence-corrected chi connectivity index (χ1v) is 11.6. The van der Waals surface area contributed by atoms with Crippen molar-refractivity contribution in [2.45, 2.75) is 27.3 Å². The lowest BCUT2D eigenvalue weighted by Gasteiger charge is -1.98. The number of hydrogen-bond donors (Lipinski definition) is 3. The molecule has 0 aliphatic rings. The maximum Gasteiger partial charge on any atom is 0.273 e. The first-order chi connectivity index (χ1) is 14.4. The van der Waals surface area contributed by atoms with Crippen molar-refractivity contribution in [2.75, 3.05) is 5.32 Å². The van der Waals surface area contributed by atoms with Gasteiger partial charge in [-0.3, -0.25) is 14.9 Å². The van der Waals surface area contributed by atoms with Crippen LogP contribution < -0.4 is 10.6 Å². The van der Waals surface area contributed by atoms with E-state index in [4.69, 9.17) is 0 Å². The number of hydrogen-bond acceptors (Lipinski definition) is 7. The van der Waals surface area contributed by atoms with Gasteiger partial charge in [0.05, 0.1) is 27.8 Å². The lowest BCUT2D eigenvalue weighted by molar-refractivity contribution is -0.119. The molecule has 0 spiro atoms. The molecule has 0 unspecified atom stereocenters. The fourth-order valence-corrected chi connectivity index (χ4v) is 5.33. The summed E-state index contributed by atoms with van der Waals surface area (Å²) < 4.78 is 0. The Morgan fingerprint density at radius 2 is 2.00 bits per heavy atom. The van der Waals surface area contributed by atoms with Crippen LogP contribution in [0.2, 0.25) is 0 Å². The van der Waals surface area contributed by atoms with Gasteiger partial charge in [0, 0.05) is 33.8 Å². The van der Waals surface area contributed by atoms with Crippen molar-refractivity contribution in [3.8, 4) is 21.8 Å². The maximum atomic E-state index is 12.6. The Balaban J connectivity index is 1.46. The Morgan fingerprint density at radius 1 is 1.17 bits per heavy atom. The number of rotatable bonds is 6. The summed E-state index contributed by atoms with van der Waals surface area (Å²) in [6.45, 7) is 5.93. The molecule has 4 heterocycles. The van der Waals surface area contributed by atoms with Crippen LogP contribution in [0, 0.1) is 13.8 Å². The maximum absolute atomic E-state index is 12.6. The molecule has 0 radical (unpaired) electrons. The standard InChI is InChI=1S/C20H19N5O2S3/c1-10-18(17-5-4-14(30-17)8-21-11(2)26)24-20(29-10)25-19(27)15-6-13(7-22-15)16-9-28-12(3)23-16/h4-7,9,22H,8H2,1-3H3,(H,21,26)(H,24,25,27). The van der Waals surface area contributed by atoms with Gasteiger partial charge in [0.25, 0.3) is 5.91 Å². The number of carbonyl (C=O) groups excluding carboxylic acids is 2. The van der Waals surface area contributed by atoms with E-state index in [0.29, 0.717) is 17.4 Å². The third-order valence-electron chi connectivity index (χ3n) is 4.27. The molecule has 4 aromatic heterocycles. The molecular formula is C20H19N5O2S3. The minimum Gasteiger partial charge on any atom is -0.357 e. The van der Waals surface area contributed by atoms with E-state index in [0.717, 1.165) is 36.6 Å². The normalized spacial score (nSPS) is 10.9. The third-order valence-corrected chi connectivity index (χ3v) is 7.02. The Kier molecular flexibility index (Phi) is 5.80. The number of nitrogens with one attached hydrogen (secondary N) is 3. The lowest BCUT2D eigenvalue weighted by atomic mass is 10.2. The number of aromatic nitrogens is 3. The van der Waals surface area contributed by atoms with Crippen molar-refractivity contribution in [1.29, 1.82) is 0 Å². The molecule has 30 heavy (non-hydrogen) atoms. The van der Waals surface area contributed by atoms with Gasteiger partial charge in [0.1, 0.15) is 5.69 Å². The predicted molar refractivity (Wildman–Crippen MR) is 122 cm³/mol. The molecule has 0 atom stereocenters. The molecule has 154 valence electrons. The van der Waals surface area contributed by atoms with Crippen LogP contribution in [0.1, 0.15) is 32.2 Å². The molecule has 0 saturated carbocycles. The van der Waals surface area contributed by atoms with Crippen LogP contribution in [0.25, 0.3) is 21.8 Å². The van der Waals surface area contributed by atoms with Gasteiger partial charge in [-0.15, -0.1) is 34.0 Å². The Morgan fingerprint density at radius 3 is 2.73 bits per heavy atom. The fraction of sp³-hybridized carbons (Fsp3) is 0.200. The first-order valence-electron chi connectivity index (χ1n) is 9.12. The largest absolute Gasteiger partial charge is 0.357 e. The van der Waals surface area contributed by atoms with Gasteiger partial charge in [0.2, 0.25) is 5.91 Å². The van der Waals surface area contributed by atoms with E-state index in [9.17, 15) is 9.59 Å². The third kappa shape index (κ3) is 4.50. The number of aryl methyl sites for hydroxylation is 2. The van der Waals surface area contributed by atoms with Crippen molar-refractivity contribution >= 4 is 51.0 Å². The SMILES string of the molecule is CC(=O)NCc1ccc(-c2nc(NC(=O)c3cc(-c4csc(C)n4)c[nH]3)sc2C)s1. The van der Waals surface area contributed by atoms with E-state index < -0.39 is 0 Å². The Labute approximate surface area is 185 Å². The number of amides is 2. The van der Waals surface area contributed by atoms with Crippen LogP contribution in [0.5, 0.6) is 0 Å². The Bertz CT molecular complexity index is 1220. The van der Waals surface area contributed by atoms with Crippen LogP contribution in [0.4, 0.5) is 5.13 Å². The second-order valence-electron chi connectivity index (χ2n) is 6.61. The molecule has 0 bridgehead atoms. The number of nitrogens with zero attached hydrogens (tertiary/aromatic N) is 2. The summed E-state index contributed by atoms with van der Waals surface area (Å²) in [5.74, 6) is -0.303. The highest BCUT2D eigenvalue weighted by molar-refractivity contribution is 7.18. The second kappa shape index (κ2) is 8.50. The molecular weight excluding hydrogens is 438 g/mol. The number of anilines is 1. The molecule has 4 aromatic rings. The van der Waals surface area contributed by atoms with E-state index in [-0.39, 0.29) is 11.8 Å². The summed E-state index contributed by atoms with van der Waals surface area (Å²) in [7, 11) is 0. The van der Waals surface area contributed by atoms with Crippen molar-refractivity contribution in [1.82, 2.24) is 20.3 Å². The number of carbonyl (C=O) groups is 2.